The molecule has 7 amide bonds. The van der Waals surface area contributed by atoms with Crippen LogP contribution in [0.5, 0.6) is 5.75 Å². The highest BCUT2D eigenvalue weighted by Crippen LogP contribution is 2.38. The molecule has 0 heterocycles. The third-order valence-electron chi connectivity index (χ3n) is 10.0. The molecule has 1 aromatic rings. The second-order valence-electron chi connectivity index (χ2n) is 16.8. The van der Waals surface area contributed by atoms with Crippen molar-refractivity contribution in [2.24, 2.45) is 34.0 Å². The van der Waals surface area contributed by atoms with Crippen LogP contribution in [0.4, 0.5) is 0 Å². The van der Waals surface area contributed by atoms with Gasteiger partial charge in [-0.1, -0.05) is 39.8 Å². The molecule has 28 nitrogen and oxygen atoms in total. The average Bonchev–Trinajstić information content (AvgIpc) is 3.25. The second-order valence-corrected chi connectivity index (χ2v) is 20.2. The Labute approximate surface area is 414 Å². The van der Waals surface area contributed by atoms with Gasteiger partial charge in [0.25, 0.3) is 0 Å². The molecule has 1 rings (SSSR count). The number of nitrogens with two attached hydrogens (primary N) is 3. The first-order chi connectivity index (χ1) is 32.9. The van der Waals surface area contributed by atoms with Gasteiger partial charge in [0.2, 0.25) is 41.4 Å². The van der Waals surface area contributed by atoms with Crippen molar-refractivity contribution in [2.45, 2.75) is 122 Å². The van der Waals surface area contributed by atoms with E-state index in [4.69, 9.17) is 17.2 Å². The summed E-state index contributed by atoms with van der Waals surface area (Å²) in [7, 11) is -10.2. The Morgan fingerprint density at radius 1 is 0.718 bits per heavy atom. The molecule has 31 heteroatoms. The molecule has 0 radical (unpaired) electrons. The predicted octanol–water partition coefficient (Wildman–Crippen LogP) is -3.75. The number of phosphoric ester groups is 2. The summed E-state index contributed by atoms with van der Waals surface area (Å²) in [5, 5.41) is 27.3. The van der Waals surface area contributed by atoms with E-state index in [1.54, 1.807) is 34.0 Å². The molecule has 0 aromatic heterocycles. The van der Waals surface area contributed by atoms with E-state index in [9.17, 15) is 72.2 Å². The number of hydrogen-bond acceptors (Lipinski definition) is 16. The fraction of sp³-hybridized carbons (Fsp3) is 0.625. The van der Waals surface area contributed by atoms with Gasteiger partial charge in [-0.25, -0.2) is 9.13 Å². The number of carbonyl (C=O) groups excluding carboxylic acids is 8. The third kappa shape index (κ3) is 25.1. The average molecular weight is 1070 g/mol. The van der Waals surface area contributed by atoms with Crippen LogP contribution in [0, 0.1) is 11.8 Å². The van der Waals surface area contributed by atoms with Crippen LogP contribution >= 0.6 is 27.4 Å². The number of rotatable bonds is 32. The molecule has 402 valence electrons. The Morgan fingerprint density at radius 3 is 1.72 bits per heavy atom. The number of nitrogens with one attached hydrogen (secondary N) is 7. The number of aliphatic imine (C=N–C) groups is 1. The molecule has 0 aliphatic rings. The fourth-order valence-electron chi connectivity index (χ4n) is 6.28. The standard InChI is InChI=1S/C40H69N11O17P2S/c1-20(2)30(37(58)49-31(21(3)4)38(59)50-32(22(5)53)39(60)46-25(19-52)9-8-15-44-40(42)43)48-35(56)28(17-24-10-12-26(13-11-24)68-70(64,65)66)47-29(54)18-45-36(57)33(23(6)67-69(61,62)63)51-34(55)27(41)14-16-71-7/h10-13,19-23,25,27-28,30-33,53H,8-9,14-18,41H2,1-7H3,(H,45,57)(H,46,60)(H,47,54)(H,48,56)(H,49,58)(H,50,59)(H,51,55)(H4,42,43,44)(H2,61,62,63)(H2,64,65,66)/t22-,23-,25+,27+,28+,30+,31+,32+,33+/m1/s1. The minimum Gasteiger partial charge on any atom is -0.404 e. The number of aliphatic hydroxyl groups is 1. The van der Waals surface area contributed by atoms with Gasteiger partial charge in [-0.3, -0.25) is 52.9 Å². The summed E-state index contributed by atoms with van der Waals surface area (Å²) in [6, 6.07) is -4.95. The Hall–Kier alpha value is -5.22. The van der Waals surface area contributed by atoms with E-state index >= 15 is 0 Å². The van der Waals surface area contributed by atoms with Crippen LogP contribution in [-0.4, -0.2) is 158 Å². The number of thioether (sulfide) groups is 1. The summed E-state index contributed by atoms with van der Waals surface area (Å²) < 4.78 is 32.2. The topological polar surface area (TPSA) is 465 Å². The molecule has 71 heavy (non-hydrogen) atoms. The van der Waals surface area contributed by atoms with Gasteiger partial charge in [0.1, 0.15) is 42.2 Å². The van der Waals surface area contributed by atoms with Gasteiger partial charge in [0, 0.05) is 13.0 Å². The number of guanidine groups is 1. The van der Waals surface area contributed by atoms with Crippen LogP contribution in [0.15, 0.2) is 29.3 Å². The first-order valence-corrected chi connectivity index (χ1v) is 26.4. The largest absolute Gasteiger partial charge is 0.524 e. The first-order valence-electron chi connectivity index (χ1n) is 22.0. The maximum absolute atomic E-state index is 14.1. The van der Waals surface area contributed by atoms with Gasteiger partial charge in [-0.15, -0.1) is 0 Å². The summed E-state index contributed by atoms with van der Waals surface area (Å²) in [6.07, 6.45) is -0.673. The SMILES string of the molecule is CSCC[C@H](N)C(=O)N[C@H](C(=O)NCC(=O)N[C@@H](Cc1ccc(OP(=O)(O)O)cc1)C(=O)N[C@H](C(=O)N[C@H](C(=O)N[C@H](C(=O)N[C@H](C=O)CCCN=C(N)N)[C@@H](C)O)C(C)C)C(C)C)[C@@H](C)OP(=O)(O)O. The van der Waals surface area contributed by atoms with Gasteiger partial charge in [-0.05, 0) is 74.7 Å². The van der Waals surface area contributed by atoms with Crippen molar-refractivity contribution in [3.63, 3.8) is 0 Å². The summed E-state index contributed by atoms with van der Waals surface area (Å²) in [4.78, 5) is 147. The Kier molecular flexibility index (Phi) is 27.5. The second kappa shape index (κ2) is 30.6. The van der Waals surface area contributed by atoms with E-state index in [1.807, 2.05) is 0 Å². The van der Waals surface area contributed by atoms with Crippen molar-refractivity contribution in [2.75, 3.05) is 25.1 Å². The molecular formula is C40H69N11O17P2S. The lowest BCUT2D eigenvalue weighted by molar-refractivity contribution is -0.137. The number of benzene rings is 1. The van der Waals surface area contributed by atoms with Crippen LogP contribution in [0.25, 0.3) is 0 Å². The van der Waals surface area contributed by atoms with E-state index in [2.05, 4.69) is 51.3 Å². The van der Waals surface area contributed by atoms with Crippen molar-refractivity contribution in [1.82, 2.24) is 37.2 Å². The summed E-state index contributed by atoms with van der Waals surface area (Å²) >= 11 is 1.38. The smallest absolute Gasteiger partial charge is 0.404 e. The van der Waals surface area contributed by atoms with E-state index in [1.165, 1.54) is 43.0 Å². The number of amides is 7. The monoisotopic (exact) mass is 1070 g/mol. The highest BCUT2D eigenvalue weighted by atomic mass is 32.2. The maximum Gasteiger partial charge on any atom is 0.524 e. The lowest BCUT2D eigenvalue weighted by Crippen LogP contribution is -2.62. The van der Waals surface area contributed by atoms with E-state index in [0.29, 0.717) is 18.5 Å². The van der Waals surface area contributed by atoms with Gasteiger partial charge >= 0.3 is 15.6 Å². The van der Waals surface area contributed by atoms with Gasteiger partial charge < -0.3 is 78.6 Å². The molecule has 9 atom stereocenters. The van der Waals surface area contributed by atoms with E-state index < -0.39 is 130 Å². The number of aldehydes is 1. The van der Waals surface area contributed by atoms with Crippen LogP contribution < -0.4 is 58.9 Å². The van der Waals surface area contributed by atoms with Crippen molar-refractivity contribution >= 4 is 81.0 Å². The summed E-state index contributed by atoms with van der Waals surface area (Å²) in [5.74, 6) is -8.07. The van der Waals surface area contributed by atoms with Crippen molar-refractivity contribution in [3.05, 3.63) is 29.8 Å². The van der Waals surface area contributed by atoms with E-state index in [0.717, 1.165) is 6.92 Å². The van der Waals surface area contributed by atoms with Crippen LogP contribution in [0.2, 0.25) is 0 Å². The highest BCUT2D eigenvalue weighted by Gasteiger charge is 2.37. The minimum absolute atomic E-state index is 0.121. The summed E-state index contributed by atoms with van der Waals surface area (Å²) in [6.45, 7) is 7.78. The van der Waals surface area contributed by atoms with Crippen LogP contribution in [-0.2, 0) is 58.4 Å². The molecule has 0 aliphatic heterocycles. The lowest BCUT2D eigenvalue weighted by atomic mass is 9.98. The zero-order chi connectivity index (χ0) is 54.4. The molecule has 0 aliphatic carbocycles. The molecule has 0 spiro atoms. The van der Waals surface area contributed by atoms with Crippen molar-refractivity contribution < 1.29 is 81.2 Å². The lowest BCUT2D eigenvalue weighted by Gasteiger charge is -2.30. The number of nitrogens with zero attached hydrogens (tertiary/aromatic N) is 1. The molecule has 0 saturated heterocycles. The quantitative estimate of drug-likeness (QED) is 0.0108. The minimum atomic E-state index is -5.21. The Morgan fingerprint density at radius 2 is 1.24 bits per heavy atom. The molecule has 0 bridgehead atoms. The van der Waals surface area contributed by atoms with E-state index in [-0.39, 0.29) is 43.1 Å². The maximum atomic E-state index is 14.1. The van der Waals surface area contributed by atoms with Crippen molar-refractivity contribution in [3.8, 4) is 5.75 Å². The third-order valence-corrected chi connectivity index (χ3v) is 11.7. The predicted molar refractivity (Wildman–Crippen MR) is 258 cm³/mol. The number of phosphoric acid groups is 2. The Balaban J connectivity index is 3.42. The number of aliphatic hydroxyl groups excluding tert-OH is 1. The summed E-state index contributed by atoms with van der Waals surface area (Å²) in [5.41, 5.74) is 16.8. The van der Waals surface area contributed by atoms with Crippen molar-refractivity contribution in [1.29, 1.82) is 0 Å². The van der Waals surface area contributed by atoms with Gasteiger partial charge in [0.05, 0.1) is 30.8 Å². The highest BCUT2D eigenvalue weighted by molar-refractivity contribution is 7.98. The number of carbonyl (C=O) groups is 8. The zero-order valence-corrected chi connectivity index (χ0v) is 42.9. The molecule has 1 aromatic carbocycles. The fourth-order valence-corrected chi connectivity index (χ4v) is 7.72. The first kappa shape index (κ1) is 63.8. The molecule has 18 N–H and O–H groups in total. The van der Waals surface area contributed by atoms with Gasteiger partial charge in [0.15, 0.2) is 5.96 Å². The Bertz CT molecular complexity index is 2090. The molecular weight excluding hydrogens is 1000 g/mol. The molecule has 0 fully saturated rings. The van der Waals surface area contributed by atoms with Gasteiger partial charge in [-0.2, -0.15) is 11.8 Å². The zero-order valence-electron chi connectivity index (χ0n) is 40.3. The number of hydrogen-bond donors (Lipinski definition) is 15. The molecule has 0 saturated carbocycles. The van der Waals surface area contributed by atoms with Crippen LogP contribution in [0.3, 0.4) is 0 Å². The normalized spacial score (nSPS) is 15.5. The molecule has 0 unspecified atom stereocenters. The van der Waals surface area contributed by atoms with Crippen LogP contribution in [0.1, 0.15) is 66.4 Å².